The van der Waals surface area contributed by atoms with Crippen molar-refractivity contribution < 1.29 is 0 Å². The summed E-state index contributed by atoms with van der Waals surface area (Å²) in [4.78, 5) is 8.85. The molecule has 0 saturated carbocycles. The zero-order valence-corrected chi connectivity index (χ0v) is 11.9. The van der Waals surface area contributed by atoms with E-state index in [0.717, 1.165) is 22.7 Å². The lowest BCUT2D eigenvalue weighted by Gasteiger charge is -2.23. The molecule has 1 aromatic carbocycles. The van der Waals surface area contributed by atoms with E-state index in [9.17, 15) is 0 Å². The zero-order chi connectivity index (χ0) is 13.2. The number of amidine groups is 1. The van der Waals surface area contributed by atoms with Gasteiger partial charge < -0.3 is 5.32 Å². The molecule has 1 aromatic heterocycles. The van der Waals surface area contributed by atoms with Crippen molar-refractivity contribution in [1.29, 1.82) is 0 Å². The van der Waals surface area contributed by atoms with Gasteiger partial charge in [-0.3, -0.25) is 9.98 Å². The molecule has 1 aliphatic rings. The molecule has 4 heteroatoms. The molecule has 0 bridgehead atoms. The molecule has 98 valence electrons. The fourth-order valence-electron chi connectivity index (χ4n) is 2.41. The van der Waals surface area contributed by atoms with Crippen LogP contribution in [0.25, 0.3) is 10.8 Å². The number of aromatic nitrogens is 1. The first kappa shape index (κ1) is 12.5. The maximum absolute atomic E-state index is 4.69. The number of hydrogen-bond donors (Lipinski definition) is 1. The highest BCUT2D eigenvalue weighted by atomic mass is 32.2. The Balaban J connectivity index is 1.93. The number of nitrogens with one attached hydrogen (secondary N) is 1. The minimum absolute atomic E-state index is 0.399. The van der Waals surface area contributed by atoms with E-state index in [1.807, 2.05) is 36.3 Å². The first-order chi connectivity index (χ1) is 9.22. The third-order valence-corrected chi connectivity index (χ3v) is 4.27. The molecule has 0 spiro atoms. The van der Waals surface area contributed by atoms with Gasteiger partial charge in [0.15, 0.2) is 5.17 Å². The second-order valence-corrected chi connectivity index (χ2v) is 6.40. The third kappa shape index (κ3) is 2.73. The summed E-state index contributed by atoms with van der Waals surface area (Å²) in [6.07, 6.45) is 4.87. The van der Waals surface area contributed by atoms with Crippen LogP contribution in [-0.4, -0.2) is 21.4 Å². The molecule has 19 heavy (non-hydrogen) atoms. The number of hydrogen-bond acceptors (Lipinski definition) is 4. The van der Waals surface area contributed by atoms with Gasteiger partial charge in [-0.2, -0.15) is 0 Å². The van der Waals surface area contributed by atoms with E-state index in [2.05, 4.69) is 41.3 Å². The van der Waals surface area contributed by atoms with Gasteiger partial charge in [0.2, 0.25) is 0 Å². The topological polar surface area (TPSA) is 37.3 Å². The molecule has 2 heterocycles. The summed E-state index contributed by atoms with van der Waals surface area (Å²) in [5.74, 6) is 0. The third-order valence-electron chi connectivity index (χ3n) is 3.25. The standard InChI is InChI=1S/C15H17N3S/c1-10-8-11(2)19-15(17-10)18-14-5-3-4-12-9-16-7-6-13(12)14/h3-7,9-11H,8H2,1-2H3,(H,17,18). The van der Waals surface area contributed by atoms with Crippen LogP contribution in [0.4, 0.5) is 5.69 Å². The number of nitrogens with zero attached hydrogens (tertiary/aromatic N) is 2. The van der Waals surface area contributed by atoms with E-state index in [-0.39, 0.29) is 0 Å². The van der Waals surface area contributed by atoms with Crippen molar-refractivity contribution in [1.82, 2.24) is 4.98 Å². The van der Waals surface area contributed by atoms with Gasteiger partial charge in [-0.1, -0.05) is 30.8 Å². The Morgan fingerprint density at radius 2 is 2.16 bits per heavy atom. The first-order valence-corrected chi connectivity index (χ1v) is 7.44. The van der Waals surface area contributed by atoms with Gasteiger partial charge in [0.25, 0.3) is 0 Å². The lowest BCUT2D eigenvalue weighted by atomic mass is 10.1. The van der Waals surface area contributed by atoms with Gasteiger partial charge >= 0.3 is 0 Å². The molecular weight excluding hydrogens is 254 g/mol. The smallest absolute Gasteiger partial charge is 0.161 e. The van der Waals surface area contributed by atoms with Crippen molar-refractivity contribution in [3.05, 3.63) is 36.7 Å². The number of pyridine rings is 1. The molecule has 1 aliphatic heterocycles. The SMILES string of the molecule is CC1CC(C)SC(Nc2cccc3cnccc23)=N1. The van der Waals surface area contributed by atoms with Crippen molar-refractivity contribution in [2.75, 3.05) is 5.32 Å². The van der Waals surface area contributed by atoms with Gasteiger partial charge in [0.1, 0.15) is 0 Å². The van der Waals surface area contributed by atoms with Crippen LogP contribution in [0, 0.1) is 0 Å². The predicted molar refractivity (Wildman–Crippen MR) is 83.9 cm³/mol. The van der Waals surface area contributed by atoms with Crippen LogP contribution >= 0.6 is 11.8 Å². The lowest BCUT2D eigenvalue weighted by Crippen LogP contribution is -2.22. The van der Waals surface area contributed by atoms with Crippen molar-refractivity contribution in [3.8, 4) is 0 Å². The minimum Gasteiger partial charge on any atom is -0.334 e. The van der Waals surface area contributed by atoms with Crippen LogP contribution in [0.5, 0.6) is 0 Å². The highest BCUT2D eigenvalue weighted by Crippen LogP contribution is 2.28. The van der Waals surface area contributed by atoms with E-state index in [1.165, 1.54) is 5.39 Å². The number of rotatable bonds is 1. The first-order valence-electron chi connectivity index (χ1n) is 6.56. The summed E-state index contributed by atoms with van der Waals surface area (Å²) < 4.78 is 0. The number of anilines is 1. The monoisotopic (exact) mass is 271 g/mol. The molecule has 2 atom stereocenters. The van der Waals surface area contributed by atoms with Crippen LogP contribution in [0.1, 0.15) is 20.3 Å². The zero-order valence-electron chi connectivity index (χ0n) is 11.1. The molecule has 0 saturated heterocycles. The van der Waals surface area contributed by atoms with E-state index in [1.54, 1.807) is 0 Å². The average molecular weight is 271 g/mol. The second-order valence-electron chi connectivity index (χ2n) is 4.97. The van der Waals surface area contributed by atoms with Crippen LogP contribution in [-0.2, 0) is 0 Å². The summed E-state index contributed by atoms with van der Waals surface area (Å²) in [6, 6.07) is 8.66. The molecule has 0 fully saturated rings. The average Bonchev–Trinajstić information content (AvgIpc) is 2.38. The molecule has 3 rings (SSSR count). The maximum Gasteiger partial charge on any atom is 0.161 e. The Hall–Kier alpha value is -1.55. The molecule has 1 N–H and O–H groups in total. The Labute approximate surface area is 117 Å². The molecule has 2 unspecified atom stereocenters. The summed E-state index contributed by atoms with van der Waals surface area (Å²) in [6.45, 7) is 4.43. The largest absolute Gasteiger partial charge is 0.334 e. The van der Waals surface area contributed by atoms with Crippen molar-refractivity contribution >= 4 is 33.4 Å². The highest BCUT2D eigenvalue weighted by Gasteiger charge is 2.18. The molecule has 0 aliphatic carbocycles. The molecule has 0 amide bonds. The minimum atomic E-state index is 0.399. The maximum atomic E-state index is 4.69. The van der Waals surface area contributed by atoms with Gasteiger partial charge in [-0.15, -0.1) is 0 Å². The lowest BCUT2D eigenvalue weighted by molar-refractivity contribution is 0.661. The number of benzene rings is 1. The summed E-state index contributed by atoms with van der Waals surface area (Å²) in [7, 11) is 0. The fraction of sp³-hybridized carbons (Fsp3) is 0.333. The molecule has 3 nitrogen and oxygen atoms in total. The summed E-state index contributed by atoms with van der Waals surface area (Å²) >= 11 is 1.82. The van der Waals surface area contributed by atoms with Crippen LogP contribution < -0.4 is 5.32 Å². The van der Waals surface area contributed by atoms with E-state index < -0.39 is 0 Å². The van der Waals surface area contributed by atoms with Gasteiger partial charge in [-0.25, -0.2) is 0 Å². The summed E-state index contributed by atoms with van der Waals surface area (Å²) in [5.41, 5.74) is 1.10. The number of aliphatic imine (C=N–C) groups is 1. The van der Waals surface area contributed by atoms with Crippen LogP contribution in [0.2, 0.25) is 0 Å². The summed E-state index contributed by atoms with van der Waals surface area (Å²) in [5, 5.41) is 7.45. The van der Waals surface area contributed by atoms with Crippen molar-refractivity contribution in [3.63, 3.8) is 0 Å². The quantitative estimate of drug-likeness (QED) is 0.854. The Morgan fingerprint density at radius 3 is 3.00 bits per heavy atom. The Bertz CT molecular complexity index is 618. The van der Waals surface area contributed by atoms with Crippen LogP contribution in [0.15, 0.2) is 41.7 Å². The normalized spacial score (nSPS) is 23.2. The van der Waals surface area contributed by atoms with Gasteiger partial charge in [0.05, 0.1) is 6.04 Å². The number of thioether (sulfide) groups is 1. The Kier molecular flexibility index (Phi) is 3.42. The van der Waals surface area contributed by atoms with Gasteiger partial charge in [-0.05, 0) is 25.5 Å². The predicted octanol–water partition coefficient (Wildman–Crippen LogP) is 3.92. The molecule has 2 aromatic rings. The van der Waals surface area contributed by atoms with E-state index >= 15 is 0 Å². The highest BCUT2D eigenvalue weighted by molar-refractivity contribution is 8.14. The van der Waals surface area contributed by atoms with E-state index in [4.69, 9.17) is 0 Å². The second kappa shape index (κ2) is 5.21. The van der Waals surface area contributed by atoms with Crippen molar-refractivity contribution in [2.24, 2.45) is 4.99 Å². The van der Waals surface area contributed by atoms with Crippen molar-refractivity contribution in [2.45, 2.75) is 31.6 Å². The van der Waals surface area contributed by atoms with Gasteiger partial charge in [0, 0.05) is 34.1 Å². The molecular formula is C15H17N3S. The Morgan fingerprint density at radius 1 is 1.26 bits per heavy atom. The van der Waals surface area contributed by atoms with Crippen LogP contribution in [0.3, 0.4) is 0 Å². The number of fused-ring (bicyclic) bond motifs is 1. The molecule has 0 radical (unpaired) electrons. The van der Waals surface area contributed by atoms with E-state index in [0.29, 0.717) is 11.3 Å². The fourth-order valence-corrected chi connectivity index (χ4v) is 3.58.